The van der Waals surface area contributed by atoms with Crippen molar-refractivity contribution in [3.8, 4) is 0 Å². The van der Waals surface area contributed by atoms with Crippen molar-refractivity contribution in [2.75, 3.05) is 10.6 Å². The molecule has 2 N–H and O–H groups in total. The van der Waals surface area contributed by atoms with Gasteiger partial charge in [0.05, 0.1) is 5.57 Å². The summed E-state index contributed by atoms with van der Waals surface area (Å²) in [4.78, 5) is 18.4. The third-order valence-electron chi connectivity index (χ3n) is 6.76. The number of carbonyl (C=O) groups is 1. The summed E-state index contributed by atoms with van der Waals surface area (Å²) in [6.45, 7) is 10.0. The van der Waals surface area contributed by atoms with Gasteiger partial charge in [0.25, 0.3) is 5.91 Å². The van der Waals surface area contributed by atoms with Crippen LogP contribution in [0, 0.1) is 33.5 Å². The molecule has 4 aromatic rings. The molecule has 1 atom stereocenters. The van der Waals surface area contributed by atoms with Crippen molar-refractivity contribution in [2.24, 2.45) is 0 Å². The van der Waals surface area contributed by atoms with Gasteiger partial charge in [0.2, 0.25) is 11.1 Å². The second-order valence-electron chi connectivity index (χ2n) is 9.77. The van der Waals surface area contributed by atoms with Gasteiger partial charge < -0.3 is 10.6 Å². The number of fused-ring (bicyclic) bond motifs is 1. The van der Waals surface area contributed by atoms with E-state index in [1.54, 1.807) is 28.6 Å². The maximum Gasteiger partial charge on any atom is 0.255 e. The number of anilines is 2. The van der Waals surface area contributed by atoms with Crippen molar-refractivity contribution in [2.45, 2.75) is 51.6 Å². The molecule has 0 aliphatic carbocycles. The van der Waals surface area contributed by atoms with Crippen LogP contribution in [0.5, 0.6) is 0 Å². The van der Waals surface area contributed by atoms with Crippen LogP contribution in [-0.4, -0.2) is 20.7 Å². The van der Waals surface area contributed by atoms with Crippen molar-refractivity contribution >= 4 is 29.3 Å². The quantitative estimate of drug-likeness (QED) is 0.268. The predicted octanol–water partition coefficient (Wildman–Crippen LogP) is 6.87. The molecule has 0 saturated heterocycles. The molecule has 0 fully saturated rings. The summed E-state index contributed by atoms with van der Waals surface area (Å²) < 4.78 is 15.6. The summed E-state index contributed by atoms with van der Waals surface area (Å²) >= 11 is 1.54. The van der Waals surface area contributed by atoms with Crippen LogP contribution in [0.25, 0.3) is 0 Å². The van der Waals surface area contributed by atoms with Crippen LogP contribution < -0.4 is 10.6 Å². The number of allylic oxidation sites excluding steroid dienone is 1. The van der Waals surface area contributed by atoms with E-state index in [2.05, 4.69) is 42.7 Å². The summed E-state index contributed by atoms with van der Waals surface area (Å²) in [6, 6.07) is 17.9. The van der Waals surface area contributed by atoms with Gasteiger partial charge in [-0.2, -0.15) is 4.98 Å². The summed E-state index contributed by atoms with van der Waals surface area (Å²) in [5.74, 6) is 0.684. The Morgan fingerprint density at radius 3 is 2.42 bits per heavy atom. The largest absolute Gasteiger partial charge is 0.328 e. The minimum absolute atomic E-state index is 0.248. The lowest BCUT2D eigenvalue weighted by molar-refractivity contribution is -0.113. The Balaban J connectivity index is 1.49. The van der Waals surface area contributed by atoms with E-state index < -0.39 is 6.04 Å². The van der Waals surface area contributed by atoms with Crippen molar-refractivity contribution in [1.29, 1.82) is 0 Å². The van der Waals surface area contributed by atoms with Crippen LogP contribution in [0.2, 0.25) is 0 Å². The van der Waals surface area contributed by atoms with Crippen LogP contribution in [0.15, 0.2) is 77.1 Å². The topological polar surface area (TPSA) is 71.8 Å². The Labute approximate surface area is 226 Å². The zero-order chi connectivity index (χ0) is 27.0. The average molecular weight is 528 g/mol. The molecule has 3 aromatic carbocycles. The van der Waals surface area contributed by atoms with Crippen molar-refractivity contribution in [1.82, 2.24) is 14.8 Å². The Bertz CT molecular complexity index is 1560. The lowest BCUT2D eigenvalue weighted by Crippen LogP contribution is -2.31. The summed E-state index contributed by atoms with van der Waals surface area (Å²) in [7, 11) is 0. The number of nitrogens with one attached hydrogen (secondary N) is 2. The van der Waals surface area contributed by atoms with Gasteiger partial charge >= 0.3 is 0 Å². The molecule has 8 heteroatoms. The van der Waals surface area contributed by atoms with E-state index in [9.17, 15) is 9.18 Å². The number of carbonyl (C=O) groups excluding carboxylic acids is 1. The minimum Gasteiger partial charge on any atom is -0.328 e. The first-order valence-electron chi connectivity index (χ1n) is 12.5. The molecule has 6 nitrogen and oxygen atoms in total. The van der Waals surface area contributed by atoms with E-state index in [1.165, 1.54) is 28.8 Å². The number of thioether (sulfide) groups is 1. The molecule has 5 rings (SSSR count). The third kappa shape index (κ3) is 5.22. The number of hydrogen-bond acceptors (Lipinski definition) is 5. The number of aromatic nitrogens is 3. The molecule has 1 aliphatic rings. The highest BCUT2D eigenvalue weighted by atomic mass is 32.2. The minimum atomic E-state index is -0.569. The maximum atomic E-state index is 13.8. The first kappa shape index (κ1) is 25.7. The highest BCUT2D eigenvalue weighted by molar-refractivity contribution is 7.98. The monoisotopic (exact) mass is 527 g/mol. The van der Waals surface area contributed by atoms with Crippen molar-refractivity contribution in [3.63, 3.8) is 0 Å². The highest BCUT2D eigenvalue weighted by Gasteiger charge is 2.34. The number of benzene rings is 3. The van der Waals surface area contributed by atoms with Crippen molar-refractivity contribution < 1.29 is 9.18 Å². The van der Waals surface area contributed by atoms with Gasteiger partial charge in [0.15, 0.2) is 0 Å². The molecular formula is C30H30FN5OS. The third-order valence-corrected chi connectivity index (χ3v) is 7.64. The van der Waals surface area contributed by atoms with Crippen LogP contribution in [0.3, 0.4) is 0 Å². The van der Waals surface area contributed by atoms with E-state index in [0.717, 1.165) is 28.1 Å². The second-order valence-corrected chi connectivity index (χ2v) is 10.7. The molecule has 2 heterocycles. The van der Waals surface area contributed by atoms with Crippen LogP contribution in [0.4, 0.5) is 16.0 Å². The molecule has 1 aromatic heterocycles. The van der Waals surface area contributed by atoms with E-state index in [-0.39, 0.29) is 11.7 Å². The molecule has 0 bridgehead atoms. The van der Waals surface area contributed by atoms with Crippen LogP contribution >= 0.6 is 11.8 Å². The van der Waals surface area contributed by atoms with Crippen LogP contribution in [-0.2, 0) is 10.5 Å². The number of nitrogens with zero attached hydrogens (tertiary/aromatic N) is 3. The van der Waals surface area contributed by atoms with E-state index in [1.807, 2.05) is 39.0 Å². The van der Waals surface area contributed by atoms with Gasteiger partial charge in [-0.15, -0.1) is 5.10 Å². The normalized spacial score (nSPS) is 14.7. The van der Waals surface area contributed by atoms with Gasteiger partial charge in [-0.05, 0) is 75.1 Å². The zero-order valence-electron chi connectivity index (χ0n) is 22.1. The number of rotatable bonds is 6. The smallest absolute Gasteiger partial charge is 0.255 e. The standard InChI is InChI=1S/C30H30FN5OS/c1-17-7-13-25(20(4)14-17)33-28(37)26-21(5)32-29-34-30(38-16-23-15-18(2)6-8-19(23)3)35-36(29)27(26)22-9-11-24(31)12-10-22/h6-15,27H,16H2,1-5H3,(H,33,37)(H,32,34,35)/t27-/m0/s1. The number of amides is 1. The molecule has 1 aliphatic heterocycles. The van der Waals surface area contributed by atoms with Crippen molar-refractivity contribution in [3.05, 3.63) is 111 Å². The van der Waals surface area contributed by atoms with Gasteiger partial charge in [-0.3, -0.25) is 4.79 Å². The number of halogens is 1. The molecule has 0 unspecified atom stereocenters. The summed E-state index contributed by atoms with van der Waals surface area (Å²) in [5.41, 5.74) is 8.42. The SMILES string of the molecule is CC1=C(C(=O)Nc2ccc(C)cc2C)[C@H](c2ccc(F)cc2)n2nc(SCc3cc(C)ccc3C)nc2N1. The molecule has 194 valence electrons. The fourth-order valence-electron chi connectivity index (χ4n) is 4.68. The fraction of sp³-hybridized carbons (Fsp3) is 0.233. The first-order valence-corrected chi connectivity index (χ1v) is 13.5. The average Bonchev–Trinajstić information content (AvgIpc) is 3.28. The van der Waals surface area contributed by atoms with Crippen LogP contribution in [0.1, 0.15) is 46.3 Å². The first-order chi connectivity index (χ1) is 18.2. The summed E-state index contributed by atoms with van der Waals surface area (Å²) in [6.07, 6.45) is 0. The lowest BCUT2D eigenvalue weighted by atomic mass is 9.95. The molecule has 1 amide bonds. The Kier molecular flexibility index (Phi) is 7.08. The number of hydrogen-bond donors (Lipinski definition) is 2. The maximum absolute atomic E-state index is 13.8. The molecular weight excluding hydrogens is 497 g/mol. The highest BCUT2D eigenvalue weighted by Crippen LogP contribution is 2.37. The van der Waals surface area contributed by atoms with E-state index in [0.29, 0.717) is 22.4 Å². The lowest BCUT2D eigenvalue weighted by Gasteiger charge is -2.28. The van der Waals surface area contributed by atoms with Gasteiger partial charge in [-0.1, -0.05) is 65.4 Å². The zero-order valence-corrected chi connectivity index (χ0v) is 22.9. The molecule has 0 radical (unpaired) electrons. The molecule has 38 heavy (non-hydrogen) atoms. The molecule has 0 spiro atoms. The Hall–Kier alpha value is -3.91. The number of aryl methyl sites for hydroxylation is 4. The van der Waals surface area contributed by atoms with Gasteiger partial charge in [0, 0.05) is 17.1 Å². The summed E-state index contributed by atoms with van der Waals surface area (Å²) in [5, 5.41) is 11.7. The van der Waals surface area contributed by atoms with Gasteiger partial charge in [-0.25, -0.2) is 9.07 Å². The fourth-order valence-corrected chi connectivity index (χ4v) is 5.57. The van der Waals surface area contributed by atoms with E-state index >= 15 is 0 Å². The second kappa shape index (κ2) is 10.5. The molecule has 0 saturated carbocycles. The Morgan fingerprint density at radius 1 is 0.974 bits per heavy atom. The Morgan fingerprint density at radius 2 is 1.68 bits per heavy atom. The predicted molar refractivity (Wildman–Crippen MR) is 151 cm³/mol. The van der Waals surface area contributed by atoms with E-state index in [4.69, 9.17) is 10.1 Å². The van der Waals surface area contributed by atoms with Gasteiger partial charge in [0.1, 0.15) is 11.9 Å².